The molecule has 5 heteroatoms. The van der Waals surface area contributed by atoms with Crippen LogP contribution in [0.15, 0.2) is 18.3 Å². The van der Waals surface area contributed by atoms with Crippen LogP contribution >= 0.6 is 0 Å². The minimum absolute atomic E-state index is 0.115. The highest BCUT2D eigenvalue weighted by atomic mass is 19.1. The number of aliphatic hydroxyl groups is 1. The van der Waals surface area contributed by atoms with Gasteiger partial charge in [-0.1, -0.05) is 0 Å². The van der Waals surface area contributed by atoms with Crippen molar-refractivity contribution < 1.29 is 19.4 Å². The third kappa shape index (κ3) is 2.79. The Bertz CT molecular complexity index is 299. The summed E-state index contributed by atoms with van der Waals surface area (Å²) in [5.74, 6) is -1.81. The Morgan fingerprint density at radius 3 is 2.77 bits per heavy atom. The van der Waals surface area contributed by atoms with Crippen LogP contribution in [0.1, 0.15) is 5.69 Å². The van der Waals surface area contributed by atoms with Gasteiger partial charge in [0.2, 0.25) is 0 Å². The van der Waals surface area contributed by atoms with Crippen LogP contribution in [0.3, 0.4) is 0 Å². The molecule has 0 saturated heterocycles. The van der Waals surface area contributed by atoms with E-state index in [0.717, 1.165) is 12.3 Å². The van der Waals surface area contributed by atoms with Gasteiger partial charge in [0.05, 0.1) is 6.20 Å². The lowest BCUT2D eigenvalue weighted by Gasteiger charge is -2.03. The fraction of sp³-hybridized carbons (Fsp3) is 0.250. The Hall–Kier alpha value is -1.49. The molecule has 4 nitrogen and oxygen atoms in total. The molecule has 0 saturated carbocycles. The molecule has 1 heterocycles. The van der Waals surface area contributed by atoms with Crippen LogP contribution < -0.4 is 0 Å². The summed E-state index contributed by atoms with van der Waals surface area (Å²) in [7, 11) is 0. The van der Waals surface area contributed by atoms with Crippen LogP contribution in [0.4, 0.5) is 4.39 Å². The topological polar surface area (TPSA) is 70.4 Å². The smallest absolute Gasteiger partial charge is 0.332 e. The van der Waals surface area contributed by atoms with Gasteiger partial charge < -0.3 is 10.2 Å². The van der Waals surface area contributed by atoms with E-state index in [0.29, 0.717) is 5.69 Å². The zero-order chi connectivity index (χ0) is 9.84. The molecule has 0 aliphatic carbocycles. The van der Waals surface area contributed by atoms with Crippen LogP contribution in [-0.4, -0.2) is 27.3 Å². The van der Waals surface area contributed by atoms with Crippen molar-refractivity contribution in [3.05, 3.63) is 29.8 Å². The normalized spacial score (nSPS) is 12.5. The number of hydrogen-bond acceptors (Lipinski definition) is 3. The maximum atomic E-state index is 12.3. The summed E-state index contributed by atoms with van der Waals surface area (Å²) in [6.07, 6.45) is -0.627. The Labute approximate surface area is 73.7 Å². The molecule has 1 atom stereocenters. The van der Waals surface area contributed by atoms with E-state index in [4.69, 9.17) is 10.2 Å². The van der Waals surface area contributed by atoms with Crippen molar-refractivity contribution in [3.8, 4) is 0 Å². The highest BCUT2D eigenvalue weighted by Gasteiger charge is 2.14. The van der Waals surface area contributed by atoms with E-state index in [1.165, 1.54) is 6.07 Å². The van der Waals surface area contributed by atoms with E-state index in [1.807, 2.05) is 0 Å². The molecule has 0 amide bonds. The van der Waals surface area contributed by atoms with Crippen molar-refractivity contribution in [1.82, 2.24) is 4.98 Å². The first-order valence-corrected chi connectivity index (χ1v) is 3.61. The number of carboxylic acids is 1. The molecule has 0 bridgehead atoms. The van der Waals surface area contributed by atoms with Crippen molar-refractivity contribution in [2.24, 2.45) is 0 Å². The highest BCUT2D eigenvalue weighted by Crippen LogP contribution is 2.01. The minimum atomic E-state index is -1.49. The van der Waals surface area contributed by atoms with Gasteiger partial charge >= 0.3 is 5.97 Å². The van der Waals surface area contributed by atoms with Gasteiger partial charge in [0.15, 0.2) is 6.10 Å². The largest absolute Gasteiger partial charge is 0.479 e. The number of rotatable bonds is 3. The Balaban J connectivity index is 2.64. The monoisotopic (exact) mass is 185 g/mol. The third-order valence-electron chi connectivity index (χ3n) is 1.48. The molecule has 70 valence electrons. The van der Waals surface area contributed by atoms with Gasteiger partial charge in [0.25, 0.3) is 0 Å². The first-order chi connectivity index (χ1) is 6.09. The maximum Gasteiger partial charge on any atom is 0.332 e. The van der Waals surface area contributed by atoms with E-state index < -0.39 is 17.9 Å². The number of aliphatic hydroxyl groups excluding tert-OH is 1. The molecule has 0 spiro atoms. The number of aliphatic carboxylic acids is 1. The van der Waals surface area contributed by atoms with Crippen molar-refractivity contribution in [2.45, 2.75) is 12.5 Å². The Morgan fingerprint density at radius 1 is 1.62 bits per heavy atom. The summed E-state index contributed by atoms with van der Waals surface area (Å²) >= 11 is 0. The second kappa shape index (κ2) is 3.95. The molecular formula is C8H8FNO3. The van der Waals surface area contributed by atoms with Crippen molar-refractivity contribution in [3.63, 3.8) is 0 Å². The molecular weight excluding hydrogens is 177 g/mol. The summed E-state index contributed by atoms with van der Waals surface area (Å²) in [5, 5.41) is 17.3. The van der Waals surface area contributed by atoms with Gasteiger partial charge in [0.1, 0.15) is 5.82 Å². The molecule has 2 N–H and O–H groups in total. The van der Waals surface area contributed by atoms with Crippen LogP contribution in [0.25, 0.3) is 0 Å². The number of aromatic nitrogens is 1. The van der Waals surface area contributed by atoms with Crippen LogP contribution in [0.2, 0.25) is 0 Å². The van der Waals surface area contributed by atoms with Crippen LogP contribution in [0.5, 0.6) is 0 Å². The molecule has 0 radical (unpaired) electrons. The average Bonchev–Trinajstić information content (AvgIpc) is 2.08. The van der Waals surface area contributed by atoms with Crippen LogP contribution in [-0.2, 0) is 11.2 Å². The van der Waals surface area contributed by atoms with Crippen molar-refractivity contribution in [1.29, 1.82) is 0 Å². The zero-order valence-electron chi connectivity index (χ0n) is 6.64. The van der Waals surface area contributed by atoms with Crippen molar-refractivity contribution in [2.75, 3.05) is 0 Å². The molecule has 0 aliphatic heterocycles. The zero-order valence-corrected chi connectivity index (χ0v) is 6.64. The predicted molar refractivity (Wildman–Crippen MR) is 41.5 cm³/mol. The van der Waals surface area contributed by atoms with Gasteiger partial charge in [-0.2, -0.15) is 0 Å². The lowest BCUT2D eigenvalue weighted by Crippen LogP contribution is -2.22. The minimum Gasteiger partial charge on any atom is -0.479 e. The average molecular weight is 185 g/mol. The molecule has 1 unspecified atom stereocenters. The van der Waals surface area contributed by atoms with E-state index in [-0.39, 0.29) is 6.42 Å². The second-order valence-electron chi connectivity index (χ2n) is 2.53. The molecule has 0 aromatic carbocycles. The number of carbonyl (C=O) groups is 1. The second-order valence-corrected chi connectivity index (χ2v) is 2.53. The molecule has 0 fully saturated rings. The van der Waals surface area contributed by atoms with Gasteiger partial charge in [-0.25, -0.2) is 9.18 Å². The molecule has 1 aromatic rings. The van der Waals surface area contributed by atoms with E-state index in [9.17, 15) is 9.18 Å². The first kappa shape index (κ1) is 9.60. The number of pyridine rings is 1. The summed E-state index contributed by atoms with van der Waals surface area (Å²) < 4.78 is 12.3. The number of carboxylic acid groups (broad SMARTS) is 1. The summed E-state index contributed by atoms with van der Waals surface area (Å²) in [6, 6.07) is 2.50. The summed E-state index contributed by atoms with van der Waals surface area (Å²) in [6.45, 7) is 0. The summed E-state index contributed by atoms with van der Waals surface area (Å²) in [4.78, 5) is 13.8. The number of hydrogen-bond donors (Lipinski definition) is 2. The quantitative estimate of drug-likeness (QED) is 0.706. The van der Waals surface area contributed by atoms with Gasteiger partial charge in [0, 0.05) is 12.1 Å². The number of halogens is 1. The standard InChI is InChI=1S/C8H8FNO3/c9-5-1-2-6(10-4-5)3-7(11)8(12)13/h1-2,4,7,11H,3H2,(H,12,13). The fourth-order valence-corrected chi connectivity index (χ4v) is 0.813. The predicted octanol–water partition coefficient (Wildman–Crippen LogP) is 0.209. The molecule has 13 heavy (non-hydrogen) atoms. The lowest BCUT2D eigenvalue weighted by molar-refractivity contribution is -0.146. The van der Waals surface area contributed by atoms with Gasteiger partial charge in [-0.15, -0.1) is 0 Å². The van der Waals surface area contributed by atoms with Crippen LogP contribution in [0, 0.1) is 5.82 Å². The van der Waals surface area contributed by atoms with Gasteiger partial charge in [-0.3, -0.25) is 4.98 Å². The van der Waals surface area contributed by atoms with Gasteiger partial charge in [-0.05, 0) is 12.1 Å². The first-order valence-electron chi connectivity index (χ1n) is 3.61. The molecule has 1 rings (SSSR count). The number of nitrogens with zero attached hydrogens (tertiary/aromatic N) is 1. The fourth-order valence-electron chi connectivity index (χ4n) is 0.813. The lowest BCUT2D eigenvalue weighted by atomic mass is 10.2. The Kier molecular flexibility index (Phi) is 2.92. The van der Waals surface area contributed by atoms with E-state index >= 15 is 0 Å². The third-order valence-corrected chi connectivity index (χ3v) is 1.48. The van der Waals surface area contributed by atoms with Crippen molar-refractivity contribution >= 4 is 5.97 Å². The molecule has 1 aromatic heterocycles. The Morgan fingerprint density at radius 2 is 2.31 bits per heavy atom. The summed E-state index contributed by atoms with van der Waals surface area (Å²) in [5.41, 5.74) is 0.344. The van der Waals surface area contributed by atoms with E-state index in [1.54, 1.807) is 0 Å². The maximum absolute atomic E-state index is 12.3. The SMILES string of the molecule is O=C(O)C(O)Cc1ccc(F)cn1. The van der Waals surface area contributed by atoms with E-state index in [2.05, 4.69) is 4.98 Å². The highest BCUT2D eigenvalue weighted by molar-refractivity contribution is 5.72. The molecule has 0 aliphatic rings.